The maximum Gasteiger partial charge on any atom is 0.242 e. The highest BCUT2D eigenvalue weighted by molar-refractivity contribution is 14.0. The van der Waals surface area contributed by atoms with E-state index < -0.39 is 0 Å². The van der Waals surface area contributed by atoms with Gasteiger partial charge < -0.3 is 16.0 Å². The molecule has 0 aromatic rings. The fraction of sp³-hybridized carbons (Fsp3) is 0.882. The predicted octanol–water partition coefficient (Wildman–Crippen LogP) is 3.04. The molecule has 0 unspecified atom stereocenters. The lowest BCUT2D eigenvalue weighted by molar-refractivity contribution is -0.119. The maximum atomic E-state index is 11.7. The summed E-state index contributed by atoms with van der Waals surface area (Å²) in [7, 11) is 0. The Labute approximate surface area is 158 Å². The highest BCUT2D eigenvalue weighted by atomic mass is 127. The van der Waals surface area contributed by atoms with Crippen LogP contribution in [0.25, 0.3) is 0 Å². The van der Waals surface area contributed by atoms with Crippen LogP contribution in [-0.4, -0.2) is 37.5 Å². The van der Waals surface area contributed by atoms with Crippen molar-refractivity contribution in [3.63, 3.8) is 0 Å². The van der Waals surface area contributed by atoms with E-state index in [0.717, 1.165) is 31.9 Å². The van der Waals surface area contributed by atoms with Crippen molar-refractivity contribution in [2.24, 2.45) is 10.4 Å². The topological polar surface area (TPSA) is 65.5 Å². The molecule has 0 atom stereocenters. The molecule has 0 aromatic heterocycles. The summed E-state index contributed by atoms with van der Waals surface area (Å²) >= 11 is 0. The minimum Gasteiger partial charge on any atom is -0.357 e. The molecule has 6 heteroatoms. The van der Waals surface area contributed by atoms with Crippen LogP contribution in [0.1, 0.15) is 66.2 Å². The highest BCUT2D eigenvalue weighted by Crippen LogP contribution is 2.22. The van der Waals surface area contributed by atoms with Crippen LogP contribution in [0.3, 0.4) is 0 Å². The molecule has 1 rings (SSSR count). The normalized spacial score (nSPS) is 14.9. The Morgan fingerprint density at radius 1 is 1.17 bits per heavy atom. The number of aliphatic imine (C=N–C) groups is 1. The largest absolute Gasteiger partial charge is 0.357 e. The van der Waals surface area contributed by atoms with Crippen LogP contribution in [0.5, 0.6) is 0 Å². The van der Waals surface area contributed by atoms with E-state index in [9.17, 15) is 4.79 Å². The van der Waals surface area contributed by atoms with Gasteiger partial charge in [-0.2, -0.15) is 0 Å². The summed E-state index contributed by atoms with van der Waals surface area (Å²) in [4.78, 5) is 16.1. The van der Waals surface area contributed by atoms with E-state index >= 15 is 0 Å². The monoisotopic (exact) mass is 438 g/mol. The third-order valence-corrected chi connectivity index (χ3v) is 3.86. The average Bonchev–Trinajstić information content (AvgIpc) is 3.26. The zero-order valence-corrected chi connectivity index (χ0v) is 17.5. The molecule has 1 aliphatic carbocycles. The van der Waals surface area contributed by atoms with E-state index in [1.54, 1.807) is 0 Å². The molecule has 0 radical (unpaired) electrons. The SMILES string of the molecule is CCCCCC(C)(C)CNC(=NCC(=O)NC1CC1)NCC.I. The van der Waals surface area contributed by atoms with Crippen molar-refractivity contribution < 1.29 is 4.79 Å². The fourth-order valence-corrected chi connectivity index (χ4v) is 2.26. The first-order valence-electron chi connectivity index (χ1n) is 8.78. The van der Waals surface area contributed by atoms with Gasteiger partial charge >= 0.3 is 0 Å². The van der Waals surface area contributed by atoms with Crippen molar-refractivity contribution in [2.75, 3.05) is 19.6 Å². The number of guanidine groups is 1. The number of hydrogen-bond acceptors (Lipinski definition) is 2. The third-order valence-electron chi connectivity index (χ3n) is 3.86. The fourth-order valence-electron chi connectivity index (χ4n) is 2.26. The van der Waals surface area contributed by atoms with Crippen LogP contribution < -0.4 is 16.0 Å². The van der Waals surface area contributed by atoms with E-state index in [1.807, 2.05) is 6.92 Å². The minimum atomic E-state index is 0. The van der Waals surface area contributed by atoms with Crippen molar-refractivity contribution in [2.45, 2.75) is 72.3 Å². The number of hydrogen-bond donors (Lipinski definition) is 3. The molecular weight excluding hydrogens is 403 g/mol. The first kappa shape index (κ1) is 22.5. The highest BCUT2D eigenvalue weighted by Gasteiger charge is 2.23. The zero-order valence-electron chi connectivity index (χ0n) is 15.2. The van der Waals surface area contributed by atoms with Crippen molar-refractivity contribution in [1.82, 2.24) is 16.0 Å². The number of amides is 1. The number of halogens is 1. The number of carbonyl (C=O) groups is 1. The van der Waals surface area contributed by atoms with Gasteiger partial charge in [0.15, 0.2) is 5.96 Å². The Hall–Kier alpha value is -0.530. The molecule has 0 aromatic carbocycles. The molecule has 1 amide bonds. The van der Waals surface area contributed by atoms with Crippen LogP contribution in [0.2, 0.25) is 0 Å². The standard InChI is InChI=1S/C17H34N4O.HI/c1-5-7-8-11-17(3,4)13-20-16(18-6-2)19-12-15(22)21-14-9-10-14;/h14H,5-13H2,1-4H3,(H,21,22)(H2,18,19,20);1H. The number of carbonyl (C=O) groups excluding carboxylic acids is 1. The second-order valence-electron chi connectivity index (χ2n) is 7.01. The van der Waals surface area contributed by atoms with Gasteiger partial charge in [-0.15, -0.1) is 24.0 Å². The Morgan fingerprint density at radius 2 is 1.87 bits per heavy atom. The molecule has 0 saturated heterocycles. The summed E-state index contributed by atoms with van der Waals surface area (Å²) in [5.41, 5.74) is 0.238. The van der Waals surface area contributed by atoms with Crippen LogP contribution in [0, 0.1) is 5.41 Å². The van der Waals surface area contributed by atoms with E-state index in [1.165, 1.54) is 25.7 Å². The molecule has 1 aliphatic rings. The van der Waals surface area contributed by atoms with E-state index in [-0.39, 0.29) is 41.8 Å². The van der Waals surface area contributed by atoms with Crippen LogP contribution >= 0.6 is 24.0 Å². The van der Waals surface area contributed by atoms with Gasteiger partial charge in [-0.05, 0) is 31.6 Å². The predicted molar refractivity (Wildman–Crippen MR) is 108 cm³/mol. The Bertz CT molecular complexity index is 368. The summed E-state index contributed by atoms with van der Waals surface area (Å²) in [6.45, 7) is 10.7. The van der Waals surface area contributed by atoms with Crippen molar-refractivity contribution in [3.8, 4) is 0 Å². The number of nitrogens with zero attached hydrogens (tertiary/aromatic N) is 1. The van der Waals surface area contributed by atoms with E-state index in [2.05, 4.69) is 41.7 Å². The zero-order chi connectivity index (χ0) is 16.4. The second kappa shape index (κ2) is 11.9. The maximum absolute atomic E-state index is 11.7. The van der Waals surface area contributed by atoms with Crippen LogP contribution in [-0.2, 0) is 4.79 Å². The van der Waals surface area contributed by atoms with Crippen LogP contribution in [0.15, 0.2) is 4.99 Å². The van der Waals surface area contributed by atoms with Crippen molar-refractivity contribution in [1.29, 1.82) is 0 Å². The van der Waals surface area contributed by atoms with Gasteiger partial charge in [0.1, 0.15) is 6.54 Å². The van der Waals surface area contributed by atoms with Crippen molar-refractivity contribution >= 4 is 35.8 Å². The van der Waals surface area contributed by atoms with Gasteiger partial charge in [-0.25, -0.2) is 4.99 Å². The molecule has 3 N–H and O–H groups in total. The lowest BCUT2D eigenvalue weighted by Gasteiger charge is -2.26. The Kier molecular flexibility index (Phi) is 11.6. The summed E-state index contributed by atoms with van der Waals surface area (Å²) in [6.07, 6.45) is 7.24. The average molecular weight is 438 g/mol. The molecule has 136 valence electrons. The van der Waals surface area contributed by atoms with Crippen molar-refractivity contribution in [3.05, 3.63) is 0 Å². The summed E-state index contributed by atoms with van der Waals surface area (Å²) < 4.78 is 0. The summed E-state index contributed by atoms with van der Waals surface area (Å²) in [5.74, 6) is 0.749. The molecule has 23 heavy (non-hydrogen) atoms. The molecule has 1 fully saturated rings. The molecule has 0 aliphatic heterocycles. The van der Waals surface area contributed by atoms with Gasteiger partial charge in [-0.1, -0.05) is 40.0 Å². The van der Waals surface area contributed by atoms with Crippen LogP contribution in [0.4, 0.5) is 0 Å². The summed E-state index contributed by atoms with van der Waals surface area (Å²) in [5, 5.41) is 9.53. The Morgan fingerprint density at radius 3 is 2.43 bits per heavy atom. The lowest BCUT2D eigenvalue weighted by Crippen LogP contribution is -2.42. The smallest absolute Gasteiger partial charge is 0.242 e. The molecule has 5 nitrogen and oxygen atoms in total. The first-order chi connectivity index (χ1) is 10.5. The third kappa shape index (κ3) is 11.6. The van der Waals surface area contributed by atoms with E-state index in [0.29, 0.717) is 6.04 Å². The second-order valence-corrected chi connectivity index (χ2v) is 7.01. The van der Waals surface area contributed by atoms with Gasteiger partial charge in [0, 0.05) is 19.1 Å². The van der Waals surface area contributed by atoms with Gasteiger partial charge in [0.2, 0.25) is 5.91 Å². The number of rotatable bonds is 10. The number of nitrogens with one attached hydrogen (secondary N) is 3. The quantitative estimate of drug-likeness (QED) is 0.213. The van der Waals surface area contributed by atoms with Gasteiger partial charge in [0.25, 0.3) is 0 Å². The molecule has 1 saturated carbocycles. The number of unbranched alkanes of at least 4 members (excludes halogenated alkanes) is 2. The minimum absolute atomic E-state index is 0. The molecule has 0 spiro atoms. The van der Waals surface area contributed by atoms with Gasteiger partial charge in [0.05, 0.1) is 0 Å². The van der Waals surface area contributed by atoms with Gasteiger partial charge in [-0.3, -0.25) is 4.79 Å². The van der Waals surface area contributed by atoms with E-state index in [4.69, 9.17) is 0 Å². The lowest BCUT2D eigenvalue weighted by atomic mass is 9.87. The Balaban J connectivity index is 0.00000484. The summed E-state index contributed by atoms with van der Waals surface area (Å²) in [6, 6.07) is 0.399. The molecule has 0 heterocycles. The molecular formula is C17H35IN4O. The first-order valence-corrected chi connectivity index (χ1v) is 8.78. The molecule has 0 bridgehead atoms.